The number of quaternary nitrogens is 1. The van der Waals surface area contributed by atoms with Gasteiger partial charge in [-0.05, 0) is 26.2 Å². The summed E-state index contributed by atoms with van der Waals surface area (Å²) in [4.78, 5) is 0. The van der Waals surface area contributed by atoms with Gasteiger partial charge in [-0.1, -0.05) is 63.9 Å². The van der Waals surface area contributed by atoms with E-state index in [0.717, 1.165) is 13.0 Å². The van der Waals surface area contributed by atoms with Crippen LogP contribution in [0.25, 0.3) is 0 Å². The first-order chi connectivity index (χ1) is 12.2. The van der Waals surface area contributed by atoms with Crippen molar-refractivity contribution < 1.29 is 9.59 Å². The van der Waals surface area contributed by atoms with E-state index in [1.54, 1.807) is 0 Å². The second-order valence-corrected chi connectivity index (χ2v) is 7.70. The van der Waals surface area contributed by atoms with Gasteiger partial charge < -0.3 is 10.4 Å². The van der Waals surface area contributed by atoms with Gasteiger partial charge in [0.1, 0.15) is 6.20 Å². The molecule has 0 saturated carbocycles. The van der Waals surface area contributed by atoms with Crippen LogP contribution in [-0.2, 0) is 0 Å². The van der Waals surface area contributed by atoms with Crippen LogP contribution in [0.4, 0.5) is 0 Å². The van der Waals surface area contributed by atoms with E-state index in [2.05, 4.69) is 25.0 Å². The third kappa shape index (κ3) is 7.96. The van der Waals surface area contributed by atoms with Gasteiger partial charge in [0.15, 0.2) is 12.4 Å². The summed E-state index contributed by atoms with van der Waals surface area (Å²) in [5, 5.41) is 13.6. The summed E-state index contributed by atoms with van der Waals surface area (Å²) in [5.41, 5.74) is 0. The van der Waals surface area contributed by atoms with Gasteiger partial charge in [0, 0.05) is 13.3 Å². The molecule has 3 heteroatoms. The molecular formula is C22H43N2O+. The van der Waals surface area contributed by atoms with E-state index in [9.17, 15) is 5.11 Å². The lowest BCUT2D eigenvalue weighted by Gasteiger charge is -2.39. The monoisotopic (exact) mass is 351 g/mol. The number of hydrogen-bond donors (Lipinski definition) is 2. The van der Waals surface area contributed by atoms with Crippen LogP contribution in [0.1, 0.15) is 97.3 Å². The fourth-order valence-corrected chi connectivity index (χ4v) is 4.05. The highest BCUT2D eigenvalue weighted by atomic mass is 16.3. The number of aliphatic hydroxyl groups is 1. The predicted octanol–water partition coefficient (Wildman–Crippen LogP) is 5.82. The lowest BCUT2D eigenvalue weighted by Crippen LogP contribution is -2.57. The fourth-order valence-electron chi connectivity index (χ4n) is 4.05. The van der Waals surface area contributed by atoms with Crippen LogP contribution in [0, 0.1) is 0 Å². The largest absolute Gasteiger partial charge is 0.345 e. The molecule has 25 heavy (non-hydrogen) atoms. The molecule has 0 aromatic heterocycles. The zero-order valence-corrected chi connectivity index (χ0v) is 16.9. The topological polar surface area (TPSA) is 32.3 Å². The Labute approximate surface area is 156 Å². The van der Waals surface area contributed by atoms with Crippen LogP contribution in [0.5, 0.6) is 0 Å². The SMILES string of the molecule is C=CCCCCCCCCCCCCCC1NC=C[N+]1(CC)C(C)O. The second-order valence-electron chi connectivity index (χ2n) is 7.70. The molecule has 0 aliphatic carbocycles. The van der Waals surface area contributed by atoms with Gasteiger partial charge in [0.2, 0.25) is 0 Å². The molecule has 0 fully saturated rings. The van der Waals surface area contributed by atoms with Crippen molar-refractivity contribution in [2.75, 3.05) is 6.54 Å². The van der Waals surface area contributed by atoms with Crippen LogP contribution in [-0.4, -0.2) is 28.5 Å². The molecule has 0 spiro atoms. The average Bonchev–Trinajstić information content (AvgIpc) is 3.03. The van der Waals surface area contributed by atoms with Crippen LogP contribution in [0.15, 0.2) is 25.1 Å². The first-order valence-corrected chi connectivity index (χ1v) is 10.8. The minimum atomic E-state index is -0.335. The molecule has 0 aromatic rings. The normalized spacial score (nSPS) is 23.6. The van der Waals surface area contributed by atoms with E-state index in [1.807, 2.05) is 19.2 Å². The summed E-state index contributed by atoms with van der Waals surface area (Å²) >= 11 is 0. The highest BCUT2D eigenvalue weighted by Gasteiger charge is 2.40. The molecule has 2 N–H and O–H groups in total. The van der Waals surface area contributed by atoms with Gasteiger partial charge in [-0.25, -0.2) is 0 Å². The summed E-state index contributed by atoms with van der Waals surface area (Å²) in [7, 11) is 0. The number of unbranched alkanes of at least 4 members (excludes halogenated alkanes) is 11. The fraction of sp³-hybridized carbons (Fsp3) is 0.818. The maximum atomic E-state index is 10.2. The van der Waals surface area contributed by atoms with E-state index in [4.69, 9.17) is 0 Å². The van der Waals surface area contributed by atoms with Gasteiger partial charge in [0.25, 0.3) is 0 Å². The number of nitrogens with zero attached hydrogens (tertiary/aromatic N) is 1. The van der Waals surface area contributed by atoms with Crippen molar-refractivity contribution in [3.63, 3.8) is 0 Å². The molecule has 0 bridgehead atoms. The lowest BCUT2D eigenvalue weighted by atomic mass is 10.0. The average molecular weight is 352 g/mol. The highest BCUT2D eigenvalue weighted by molar-refractivity contribution is 4.84. The molecule has 0 aromatic carbocycles. The van der Waals surface area contributed by atoms with Crippen molar-refractivity contribution in [3.8, 4) is 0 Å². The first-order valence-electron chi connectivity index (χ1n) is 10.8. The third-order valence-electron chi connectivity index (χ3n) is 5.85. The van der Waals surface area contributed by atoms with E-state index in [1.165, 1.54) is 77.0 Å². The van der Waals surface area contributed by atoms with E-state index < -0.39 is 0 Å². The van der Waals surface area contributed by atoms with Gasteiger partial charge >= 0.3 is 0 Å². The summed E-state index contributed by atoms with van der Waals surface area (Å²) in [6, 6.07) is 0. The number of rotatable bonds is 16. The maximum Gasteiger partial charge on any atom is 0.193 e. The third-order valence-corrected chi connectivity index (χ3v) is 5.85. The summed E-state index contributed by atoms with van der Waals surface area (Å²) < 4.78 is 0.673. The molecule has 1 heterocycles. The van der Waals surface area contributed by atoms with Gasteiger partial charge in [-0.3, -0.25) is 4.48 Å². The summed E-state index contributed by atoms with van der Waals surface area (Å²) in [6.45, 7) is 8.79. The number of hydrogen-bond acceptors (Lipinski definition) is 2. The molecule has 1 aliphatic heterocycles. The smallest absolute Gasteiger partial charge is 0.193 e. The Morgan fingerprint density at radius 2 is 1.52 bits per heavy atom. The maximum absolute atomic E-state index is 10.2. The Kier molecular flexibility index (Phi) is 11.9. The standard InChI is InChI=1S/C22H43N2O/c1-4-6-7-8-9-10-11-12-13-14-15-16-17-18-22-23-19-20-24(22,5-2)21(3)25/h4,19-23,25H,1,5-18H2,2-3H3/q+1. The van der Waals surface area contributed by atoms with Gasteiger partial charge in [-0.2, -0.15) is 0 Å². The van der Waals surface area contributed by atoms with Gasteiger partial charge in [0.05, 0.1) is 12.7 Å². The van der Waals surface area contributed by atoms with E-state index in [-0.39, 0.29) is 6.23 Å². The van der Waals surface area contributed by atoms with Crippen molar-refractivity contribution in [2.24, 2.45) is 0 Å². The first kappa shape index (κ1) is 22.2. The lowest BCUT2D eigenvalue weighted by molar-refractivity contribution is -0.942. The minimum Gasteiger partial charge on any atom is -0.345 e. The number of nitrogens with one attached hydrogen (secondary N) is 1. The van der Waals surface area contributed by atoms with Crippen LogP contribution >= 0.6 is 0 Å². The Bertz CT molecular complexity index is 367. The Hall–Kier alpha value is -0.800. The molecule has 1 aliphatic rings. The Morgan fingerprint density at radius 3 is 2.00 bits per heavy atom. The van der Waals surface area contributed by atoms with Gasteiger partial charge in [-0.15, -0.1) is 6.58 Å². The molecule has 146 valence electrons. The van der Waals surface area contributed by atoms with E-state index in [0.29, 0.717) is 10.6 Å². The van der Waals surface area contributed by atoms with Crippen LogP contribution in [0.3, 0.4) is 0 Å². The Balaban J connectivity index is 1.94. The summed E-state index contributed by atoms with van der Waals surface area (Å²) in [6.07, 6.45) is 23.6. The zero-order valence-electron chi connectivity index (χ0n) is 16.9. The quantitative estimate of drug-likeness (QED) is 0.209. The van der Waals surface area contributed by atoms with Crippen molar-refractivity contribution in [3.05, 3.63) is 25.1 Å². The molecule has 0 amide bonds. The van der Waals surface area contributed by atoms with E-state index >= 15 is 0 Å². The van der Waals surface area contributed by atoms with Crippen molar-refractivity contribution in [1.29, 1.82) is 0 Å². The molecular weight excluding hydrogens is 308 g/mol. The minimum absolute atomic E-state index is 0.335. The molecule has 3 unspecified atom stereocenters. The number of aliphatic hydroxyl groups excluding tert-OH is 1. The Morgan fingerprint density at radius 1 is 1.00 bits per heavy atom. The van der Waals surface area contributed by atoms with Crippen LogP contribution < -0.4 is 5.32 Å². The van der Waals surface area contributed by atoms with Crippen molar-refractivity contribution >= 4 is 0 Å². The van der Waals surface area contributed by atoms with Crippen molar-refractivity contribution in [2.45, 2.75) is 110 Å². The van der Waals surface area contributed by atoms with Crippen LogP contribution in [0.2, 0.25) is 0 Å². The molecule has 3 nitrogen and oxygen atoms in total. The predicted molar refractivity (Wildman–Crippen MR) is 109 cm³/mol. The highest BCUT2D eigenvalue weighted by Crippen LogP contribution is 2.25. The molecule has 3 atom stereocenters. The molecule has 0 saturated heterocycles. The molecule has 0 radical (unpaired) electrons. The molecule has 1 rings (SSSR count). The summed E-state index contributed by atoms with van der Waals surface area (Å²) in [5.74, 6) is 0. The zero-order chi connectivity index (χ0) is 18.4. The second kappa shape index (κ2) is 13.4. The van der Waals surface area contributed by atoms with Crippen molar-refractivity contribution in [1.82, 2.24) is 5.32 Å². The number of allylic oxidation sites excluding steroid dienone is 1.